The van der Waals surface area contributed by atoms with Crippen LogP contribution >= 0.6 is 0 Å². The first-order valence-electron chi connectivity index (χ1n) is 12.5. The highest BCUT2D eigenvalue weighted by Gasteiger charge is 2.00. The predicted octanol–water partition coefficient (Wildman–Crippen LogP) is 6.39. The average molecular weight is 398 g/mol. The van der Waals surface area contributed by atoms with Crippen molar-refractivity contribution >= 4 is 5.91 Å². The normalized spacial score (nSPS) is 11.1. The minimum Gasteiger partial charge on any atom is -0.329 e. The Bertz CT molecular complexity index is 310. The predicted molar refractivity (Wildman–Crippen MR) is 123 cm³/mol. The standard InChI is InChI=1S/C24H51N3O/c1-2-3-4-5-6-7-8-9-10-11-12-13-14-15-16-17-18-19-20-21-24(28)27-26-23-22-25/h26H,2-23,25H2,1H3,(H,27,28). The second kappa shape index (κ2) is 24.4. The van der Waals surface area contributed by atoms with Crippen molar-refractivity contribution in [2.45, 2.75) is 135 Å². The largest absolute Gasteiger partial charge is 0.329 e. The summed E-state index contributed by atoms with van der Waals surface area (Å²) in [6.45, 7) is 3.46. The van der Waals surface area contributed by atoms with Gasteiger partial charge in [-0.05, 0) is 6.42 Å². The molecule has 168 valence electrons. The van der Waals surface area contributed by atoms with Crippen molar-refractivity contribution in [3.8, 4) is 0 Å². The number of amides is 1. The van der Waals surface area contributed by atoms with Gasteiger partial charge >= 0.3 is 0 Å². The monoisotopic (exact) mass is 397 g/mol. The average Bonchev–Trinajstić information content (AvgIpc) is 2.70. The molecule has 0 aromatic carbocycles. The lowest BCUT2D eigenvalue weighted by Gasteiger charge is -2.06. The Morgan fingerprint density at radius 1 is 0.607 bits per heavy atom. The molecule has 0 unspecified atom stereocenters. The molecule has 0 heterocycles. The van der Waals surface area contributed by atoms with Gasteiger partial charge in [-0.2, -0.15) is 0 Å². The molecule has 0 aliphatic carbocycles. The fraction of sp³-hybridized carbons (Fsp3) is 0.958. The zero-order valence-electron chi connectivity index (χ0n) is 19.0. The molecule has 4 N–H and O–H groups in total. The maximum Gasteiger partial charge on any atom is 0.234 e. The first kappa shape index (κ1) is 27.4. The Hall–Kier alpha value is -0.610. The van der Waals surface area contributed by atoms with E-state index in [1.165, 1.54) is 116 Å². The number of carbonyl (C=O) groups excluding carboxylic acids is 1. The van der Waals surface area contributed by atoms with Crippen LogP contribution in [0.15, 0.2) is 0 Å². The van der Waals surface area contributed by atoms with Crippen LogP contribution in [-0.2, 0) is 4.79 Å². The number of hydrogen-bond donors (Lipinski definition) is 3. The highest BCUT2D eigenvalue weighted by molar-refractivity contribution is 5.75. The molecule has 4 heteroatoms. The van der Waals surface area contributed by atoms with Crippen LogP contribution in [0, 0.1) is 0 Å². The van der Waals surface area contributed by atoms with E-state index in [0.29, 0.717) is 19.5 Å². The summed E-state index contributed by atoms with van der Waals surface area (Å²) in [6.07, 6.45) is 26.8. The van der Waals surface area contributed by atoms with E-state index in [0.717, 1.165) is 6.42 Å². The van der Waals surface area contributed by atoms with Crippen LogP contribution in [0.5, 0.6) is 0 Å². The maximum atomic E-state index is 11.5. The van der Waals surface area contributed by atoms with Crippen molar-refractivity contribution in [3.63, 3.8) is 0 Å². The Labute approximate surface area is 176 Å². The molecule has 0 radical (unpaired) electrons. The van der Waals surface area contributed by atoms with Crippen LogP contribution in [0.4, 0.5) is 0 Å². The number of hydrogen-bond acceptors (Lipinski definition) is 3. The molecule has 0 rings (SSSR count). The number of hydrazine groups is 1. The van der Waals surface area contributed by atoms with Gasteiger partial charge in [0.1, 0.15) is 0 Å². The highest BCUT2D eigenvalue weighted by atomic mass is 16.2. The number of nitrogens with two attached hydrogens (primary N) is 1. The van der Waals surface area contributed by atoms with E-state index in [1.807, 2.05) is 0 Å². The summed E-state index contributed by atoms with van der Waals surface area (Å²) in [5.41, 5.74) is 10.8. The first-order chi connectivity index (χ1) is 13.8. The van der Waals surface area contributed by atoms with Crippen molar-refractivity contribution in [1.29, 1.82) is 0 Å². The Kier molecular flexibility index (Phi) is 23.9. The molecule has 0 spiro atoms. The lowest BCUT2D eigenvalue weighted by atomic mass is 10.0. The number of carbonyl (C=O) groups is 1. The smallest absolute Gasteiger partial charge is 0.234 e. The minimum atomic E-state index is 0.0837. The molecule has 0 fully saturated rings. The molecule has 0 atom stereocenters. The zero-order chi connectivity index (χ0) is 20.5. The fourth-order valence-corrected chi connectivity index (χ4v) is 3.66. The van der Waals surface area contributed by atoms with Crippen LogP contribution < -0.4 is 16.6 Å². The Balaban J connectivity index is 3.06. The van der Waals surface area contributed by atoms with Crippen molar-refractivity contribution in [2.75, 3.05) is 13.1 Å². The topological polar surface area (TPSA) is 67.2 Å². The van der Waals surface area contributed by atoms with Gasteiger partial charge in [0, 0.05) is 19.5 Å². The van der Waals surface area contributed by atoms with Gasteiger partial charge in [-0.3, -0.25) is 10.2 Å². The van der Waals surface area contributed by atoms with E-state index in [2.05, 4.69) is 17.8 Å². The van der Waals surface area contributed by atoms with Crippen LogP contribution in [0.2, 0.25) is 0 Å². The molecule has 0 saturated carbocycles. The number of unbranched alkanes of at least 4 members (excludes halogenated alkanes) is 18. The van der Waals surface area contributed by atoms with Gasteiger partial charge < -0.3 is 5.73 Å². The Morgan fingerprint density at radius 3 is 1.32 bits per heavy atom. The first-order valence-corrected chi connectivity index (χ1v) is 12.5. The molecule has 1 amide bonds. The third-order valence-electron chi connectivity index (χ3n) is 5.50. The van der Waals surface area contributed by atoms with Gasteiger partial charge in [-0.15, -0.1) is 0 Å². The summed E-state index contributed by atoms with van der Waals surface area (Å²) in [4.78, 5) is 11.5. The van der Waals surface area contributed by atoms with Crippen molar-refractivity contribution in [3.05, 3.63) is 0 Å². The quantitative estimate of drug-likeness (QED) is 0.138. The Morgan fingerprint density at radius 2 is 0.964 bits per heavy atom. The summed E-state index contributed by atoms with van der Waals surface area (Å²) in [6, 6.07) is 0. The summed E-state index contributed by atoms with van der Waals surface area (Å²) in [5.74, 6) is 0.0837. The third kappa shape index (κ3) is 23.4. The summed E-state index contributed by atoms with van der Waals surface area (Å²) in [5, 5.41) is 0. The van der Waals surface area contributed by atoms with Crippen LogP contribution in [0.1, 0.15) is 135 Å². The molecular weight excluding hydrogens is 346 g/mol. The lowest BCUT2D eigenvalue weighted by molar-refractivity contribution is -0.122. The van der Waals surface area contributed by atoms with Crippen LogP contribution in [0.25, 0.3) is 0 Å². The van der Waals surface area contributed by atoms with Gasteiger partial charge in [-0.1, -0.05) is 122 Å². The van der Waals surface area contributed by atoms with E-state index in [9.17, 15) is 4.79 Å². The lowest BCUT2D eigenvalue weighted by Crippen LogP contribution is -2.40. The number of nitrogens with one attached hydrogen (secondary N) is 2. The van der Waals surface area contributed by atoms with Crippen molar-refractivity contribution in [2.24, 2.45) is 5.73 Å². The van der Waals surface area contributed by atoms with Crippen molar-refractivity contribution in [1.82, 2.24) is 10.9 Å². The molecule has 0 aliphatic rings. The summed E-state index contributed by atoms with van der Waals surface area (Å²) >= 11 is 0. The third-order valence-corrected chi connectivity index (χ3v) is 5.50. The van der Waals surface area contributed by atoms with Gasteiger partial charge in [0.25, 0.3) is 0 Å². The molecule has 28 heavy (non-hydrogen) atoms. The van der Waals surface area contributed by atoms with Crippen molar-refractivity contribution < 1.29 is 4.79 Å². The number of rotatable bonds is 23. The van der Waals surface area contributed by atoms with E-state index in [-0.39, 0.29) is 5.91 Å². The molecular formula is C24H51N3O. The van der Waals surface area contributed by atoms with Gasteiger partial charge in [0.05, 0.1) is 0 Å². The van der Waals surface area contributed by atoms with E-state index in [4.69, 9.17) is 5.73 Å². The molecule has 0 saturated heterocycles. The molecule has 0 bridgehead atoms. The second-order valence-corrected chi connectivity index (χ2v) is 8.38. The van der Waals surface area contributed by atoms with E-state index in [1.54, 1.807) is 0 Å². The summed E-state index contributed by atoms with van der Waals surface area (Å²) in [7, 11) is 0. The molecule has 0 aromatic rings. The molecule has 4 nitrogen and oxygen atoms in total. The van der Waals surface area contributed by atoms with Gasteiger partial charge in [0.15, 0.2) is 0 Å². The molecule has 0 aromatic heterocycles. The van der Waals surface area contributed by atoms with Crippen LogP contribution in [-0.4, -0.2) is 19.0 Å². The van der Waals surface area contributed by atoms with Gasteiger partial charge in [0.2, 0.25) is 5.91 Å². The molecule has 0 aliphatic heterocycles. The maximum absolute atomic E-state index is 11.5. The highest BCUT2D eigenvalue weighted by Crippen LogP contribution is 2.14. The minimum absolute atomic E-state index is 0.0837. The zero-order valence-corrected chi connectivity index (χ0v) is 19.0. The van der Waals surface area contributed by atoms with E-state index < -0.39 is 0 Å². The fourth-order valence-electron chi connectivity index (χ4n) is 3.66. The van der Waals surface area contributed by atoms with E-state index >= 15 is 0 Å². The SMILES string of the molecule is CCCCCCCCCCCCCCCCCCCCCC(=O)NNCCN. The van der Waals surface area contributed by atoms with Crippen LogP contribution in [0.3, 0.4) is 0 Å². The second-order valence-electron chi connectivity index (χ2n) is 8.38. The summed E-state index contributed by atoms with van der Waals surface area (Å²) < 4.78 is 0. The van der Waals surface area contributed by atoms with Gasteiger partial charge in [-0.25, -0.2) is 5.43 Å².